The smallest absolute Gasteiger partial charge is 0.263 e. The first kappa shape index (κ1) is 17.3. The van der Waals surface area contributed by atoms with Crippen LogP contribution in [0.1, 0.15) is 22.8 Å². The maximum absolute atomic E-state index is 12.5. The molecule has 2 aromatic heterocycles. The second kappa shape index (κ2) is 6.77. The molecule has 0 bridgehead atoms. The van der Waals surface area contributed by atoms with Gasteiger partial charge in [-0.25, -0.2) is 8.42 Å². The molecule has 25 heavy (non-hydrogen) atoms. The third kappa shape index (κ3) is 3.62. The van der Waals surface area contributed by atoms with E-state index in [-0.39, 0.29) is 22.4 Å². The van der Waals surface area contributed by atoms with Crippen LogP contribution >= 0.6 is 0 Å². The van der Waals surface area contributed by atoms with E-state index in [0.29, 0.717) is 30.0 Å². The van der Waals surface area contributed by atoms with Gasteiger partial charge in [0.15, 0.2) is 15.7 Å². The monoisotopic (exact) mass is 362 g/mol. The van der Waals surface area contributed by atoms with Gasteiger partial charge in [0, 0.05) is 0 Å². The van der Waals surface area contributed by atoms with Gasteiger partial charge in [-0.2, -0.15) is 4.98 Å². The van der Waals surface area contributed by atoms with Gasteiger partial charge in [0.2, 0.25) is 0 Å². The molecule has 132 valence electrons. The van der Waals surface area contributed by atoms with E-state index in [1.165, 1.54) is 0 Å². The molecule has 3 aromatic rings. The highest BCUT2D eigenvalue weighted by atomic mass is 32.2. The van der Waals surface area contributed by atoms with E-state index in [4.69, 9.17) is 14.8 Å². The molecule has 0 radical (unpaired) electrons. The largest absolute Gasteiger partial charge is 0.361 e. The van der Waals surface area contributed by atoms with E-state index in [2.05, 4.69) is 15.3 Å². The Morgan fingerprint density at radius 3 is 2.40 bits per heavy atom. The first-order chi connectivity index (χ1) is 11.9. The minimum Gasteiger partial charge on any atom is -0.361 e. The standard InChI is InChI=1S/C16H18N4O4S/c1-10-15(11(2)23-19-10)16-18-14(20-24-16)9-25(21,22)13-5-3-12(4-6-13)7-8-17/h3-6H,7-9,17H2,1-2H3. The van der Waals surface area contributed by atoms with Crippen molar-refractivity contribution in [2.24, 2.45) is 5.73 Å². The Balaban J connectivity index is 1.82. The molecule has 0 spiro atoms. The molecule has 0 unspecified atom stereocenters. The van der Waals surface area contributed by atoms with E-state index in [1.807, 2.05) is 0 Å². The van der Waals surface area contributed by atoms with Gasteiger partial charge in [0.25, 0.3) is 5.89 Å². The Bertz CT molecular complexity index is 954. The summed E-state index contributed by atoms with van der Waals surface area (Å²) in [6.45, 7) is 3.98. The minimum atomic E-state index is -3.58. The van der Waals surface area contributed by atoms with Crippen molar-refractivity contribution in [1.29, 1.82) is 0 Å². The van der Waals surface area contributed by atoms with Crippen LogP contribution in [-0.4, -0.2) is 30.3 Å². The average Bonchev–Trinajstić information content (AvgIpc) is 3.14. The number of nitrogens with two attached hydrogens (primary N) is 1. The van der Waals surface area contributed by atoms with Gasteiger partial charge >= 0.3 is 0 Å². The Hall–Kier alpha value is -2.52. The number of benzene rings is 1. The predicted molar refractivity (Wildman–Crippen MR) is 89.4 cm³/mol. The number of sulfone groups is 1. The van der Waals surface area contributed by atoms with Gasteiger partial charge in [0.1, 0.15) is 17.1 Å². The molecule has 0 saturated heterocycles. The molecule has 8 nitrogen and oxygen atoms in total. The van der Waals surface area contributed by atoms with Crippen molar-refractivity contribution in [3.8, 4) is 11.5 Å². The lowest BCUT2D eigenvalue weighted by Gasteiger charge is -2.03. The average molecular weight is 362 g/mol. The summed E-state index contributed by atoms with van der Waals surface area (Å²) < 4.78 is 35.3. The van der Waals surface area contributed by atoms with Crippen molar-refractivity contribution in [1.82, 2.24) is 15.3 Å². The van der Waals surface area contributed by atoms with Crippen LogP contribution in [-0.2, 0) is 22.0 Å². The highest BCUT2D eigenvalue weighted by molar-refractivity contribution is 7.90. The van der Waals surface area contributed by atoms with E-state index in [0.717, 1.165) is 5.56 Å². The third-order valence-electron chi connectivity index (χ3n) is 3.75. The van der Waals surface area contributed by atoms with E-state index < -0.39 is 9.84 Å². The first-order valence-corrected chi connectivity index (χ1v) is 9.33. The lowest BCUT2D eigenvalue weighted by molar-refractivity contribution is 0.392. The second-order valence-electron chi connectivity index (χ2n) is 5.66. The lowest BCUT2D eigenvalue weighted by Crippen LogP contribution is -2.07. The van der Waals surface area contributed by atoms with Crippen LogP contribution in [0.15, 0.2) is 38.2 Å². The van der Waals surface area contributed by atoms with Crippen molar-refractivity contribution in [3.05, 3.63) is 47.1 Å². The molecular formula is C16H18N4O4S. The van der Waals surface area contributed by atoms with Crippen LogP contribution in [0.4, 0.5) is 0 Å². The lowest BCUT2D eigenvalue weighted by atomic mass is 10.2. The van der Waals surface area contributed by atoms with Crippen LogP contribution in [0, 0.1) is 13.8 Å². The Kier molecular flexibility index (Phi) is 4.69. The molecule has 0 aliphatic carbocycles. The molecule has 0 aliphatic heterocycles. The second-order valence-corrected chi connectivity index (χ2v) is 7.65. The van der Waals surface area contributed by atoms with Gasteiger partial charge in [-0.15, -0.1) is 0 Å². The number of rotatable bonds is 6. The minimum absolute atomic E-state index is 0.0843. The van der Waals surface area contributed by atoms with Crippen LogP contribution in [0.3, 0.4) is 0 Å². The quantitative estimate of drug-likeness (QED) is 0.704. The maximum Gasteiger partial charge on any atom is 0.263 e. The highest BCUT2D eigenvalue weighted by Gasteiger charge is 2.22. The molecule has 2 N–H and O–H groups in total. The summed E-state index contributed by atoms with van der Waals surface area (Å²) >= 11 is 0. The van der Waals surface area contributed by atoms with Crippen molar-refractivity contribution < 1.29 is 17.5 Å². The fourth-order valence-electron chi connectivity index (χ4n) is 2.49. The number of hydrogen-bond acceptors (Lipinski definition) is 8. The normalized spacial score (nSPS) is 11.8. The van der Waals surface area contributed by atoms with E-state index >= 15 is 0 Å². The van der Waals surface area contributed by atoms with Gasteiger partial charge in [-0.1, -0.05) is 22.4 Å². The number of nitrogens with zero attached hydrogens (tertiary/aromatic N) is 3. The summed E-state index contributed by atoms with van der Waals surface area (Å²) in [4.78, 5) is 4.36. The SMILES string of the molecule is Cc1noc(C)c1-c1nc(CS(=O)(=O)c2ccc(CCN)cc2)no1. The molecular weight excluding hydrogens is 344 g/mol. The van der Waals surface area contributed by atoms with Gasteiger partial charge in [-0.3, -0.25) is 0 Å². The molecule has 3 rings (SSSR count). The molecule has 0 aliphatic rings. The van der Waals surface area contributed by atoms with E-state index in [1.54, 1.807) is 38.1 Å². The fourth-order valence-corrected chi connectivity index (χ4v) is 3.66. The van der Waals surface area contributed by atoms with Crippen LogP contribution in [0.2, 0.25) is 0 Å². The van der Waals surface area contributed by atoms with Gasteiger partial charge in [0.05, 0.1) is 10.6 Å². The fraction of sp³-hybridized carbons (Fsp3) is 0.312. The third-order valence-corrected chi connectivity index (χ3v) is 5.38. The molecule has 0 atom stereocenters. The van der Waals surface area contributed by atoms with Gasteiger partial charge in [-0.05, 0) is 44.5 Å². The summed E-state index contributed by atoms with van der Waals surface area (Å²) in [5.41, 5.74) is 7.67. The molecule has 2 heterocycles. The van der Waals surface area contributed by atoms with Crippen molar-refractivity contribution in [2.45, 2.75) is 30.9 Å². The van der Waals surface area contributed by atoms with Crippen LogP contribution < -0.4 is 5.73 Å². The predicted octanol–water partition coefficient (Wildman–Crippen LogP) is 1.82. The van der Waals surface area contributed by atoms with Crippen molar-refractivity contribution in [3.63, 3.8) is 0 Å². The zero-order valence-electron chi connectivity index (χ0n) is 13.9. The number of aryl methyl sites for hydroxylation is 2. The zero-order valence-corrected chi connectivity index (χ0v) is 14.7. The van der Waals surface area contributed by atoms with Crippen molar-refractivity contribution in [2.75, 3.05) is 6.54 Å². The number of hydrogen-bond donors (Lipinski definition) is 1. The summed E-state index contributed by atoms with van der Waals surface area (Å²) in [5, 5.41) is 7.58. The van der Waals surface area contributed by atoms with Crippen LogP contribution in [0.25, 0.3) is 11.5 Å². The summed E-state index contributed by atoms with van der Waals surface area (Å²) in [6, 6.07) is 6.64. The zero-order chi connectivity index (χ0) is 18.0. The van der Waals surface area contributed by atoms with E-state index in [9.17, 15) is 8.42 Å². The first-order valence-electron chi connectivity index (χ1n) is 7.68. The number of aromatic nitrogens is 3. The summed E-state index contributed by atoms with van der Waals surface area (Å²) in [5.74, 6) is 0.461. The highest BCUT2D eigenvalue weighted by Crippen LogP contribution is 2.25. The molecule has 0 saturated carbocycles. The maximum atomic E-state index is 12.5. The molecule has 0 fully saturated rings. The molecule has 9 heteroatoms. The topological polar surface area (TPSA) is 125 Å². The molecule has 0 amide bonds. The Morgan fingerprint density at radius 2 is 1.80 bits per heavy atom. The van der Waals surface area contributed by atoms with Gasteiger partial charge < -0.3 is 14.8 Å². The summed E-state index contributed by atoms with van der Waals surface area (Å²) in [7, 11) is -3.58. The summed E-state index contributed by atoms with van der Waals surface area (Å²) in [6.07, 6.45) is 0.700. The van der Waals surface area contributed by atoms with Crippen molar-refractivity contribution >= 4 is 9.84 Å². The Morgan fingerprint density at radius 1 is 1.08 bits per heavy atom. The Labute approximate surface area is 144 Å². The molecule has 1 aromatic carbocycles. The van der Waals surface area contributed by atoms with Crippen LogP contribution in [0.5, 0.6) is 0 Å².